The average Bonchev–Trinajstić information content (AvgIpc) is 3.06. The van der Waals surface area contributed by atoms with Gasteiger partial charge in [0.1, 0.15) is 0 Å². The molecule has 0 atom stereocenters. The molecule has 1 aliphatic heterocycles. The predicted octanol–water partition coefficient (Wildman–Crippen LogP) is 3.62. The number of hydrogen-bond acceptors (Lipinski definition) is 3. The molecule has 1 aromatic carbocycles. The van der Waals surface area contributed by atoms with E-state index in [9.17, 15) is 0 Å². The molecule has 0 unspecified atom stereocenters. The first-order valence-electron chi connectivity index (χ1n) is 9.72. The molecule has 3 heterocycles. The Morgan fingerprint density at radius 2 is 1.96 bits per heavy atom. The second-order valence-electron chi connectivity index (χ2n) is 8.35. The third kappa shape index (κ3) is 3.85. The van der Waals surface area contributed by atoms with E-state index >= 15 is 0 Å². The Kier molecular flexibility index (Phi) is 4.77. The van der Waals surface area contributed by atoms with Crippen LogP contribution in [-0.2, 0) is 7.05 Å². The number of aromatic nitrogens is 2. The van der Waals surface area contributed by atoms with Gasteiger partial charge in [0.25, 0.3) is 0 Å². The number of aryl methyl sites for hydroxylation is 1. The van der Waals surface area contributed by atoms with E-state index in [0.29, 0.717) is 5.89 Å². The van der Waals surface area contributed by atoms with Crippen molar-refractivity contribution >= 4 is 28.6 Å². The first kappa shape index (κ1) is 18.4. The lowest BCUT2D eigenvalue weighted by Gasteiger charge is -2.29. The van der Waals surface area contributed by atoms with Gasteiger partial charge in [-0.15, -0.1) is 0 Å². The van der Waals surface area contributed by atoms with Crippen molar-refractivity contribution < 1.29 is 13.5 Å². The molecule has 0 N–H and O–H groups in total. The van der Waals surface area contributed by atoms with Gasteiger partial charge in [0, 0.05) is 41.5 Å². The number of pyridine rings is 1. The van der Waals surface area contributed by atoms with E-state index in [2.05, 4.69) is 67.6 Å². The van der Waals surface area contributed by atoms with Crippen LogP contribution >= 0.6 is 0 Å². The largest absolute Gasteiger partial charge is 0.411 e. The molecule has 0 amide bonds. The number of hydrogen-bond donors (Lipinski definition) is 0. The summed E-state index contributed by atoms with van der Waals surface area (Å²) < 4.78 is 8.90. The third-order valence-corrected chi connectivity index (χ3v) is 5.01. The molecule has 0 spiro atoms. The van der Waals surface area contributed by atoms with Crippen LogP contribution in [0, 0.1) is 0 Å². The molecular formula is C23H28N4O+2. The Labute approximate surface area is 166 Å². The first-order chi connectivity index (χ1) is 13.4. The van der Waals surface area contributed by atoms with Crippen molar-refractivity contribution in [3.63, 3.8) is 0 Å². The fourth-order valence-electron chi connectivity index (χ4n) is 3.57. The van der Waals surface area contributed by atoms with E-state index in [1.807, 2.05) is 36.0 Å². The molecule has 28 heavy (non-hydrogen) atoms. The summed E-state index contributed by atoms with van der Waals surface area (Å²) in [5.74, 6) is 0.629. The maximum atomic E-state index is 5.94. The molecular weight excluding hydrogens is 348 g/mol. The minimum Gasteiger partial charge on any atom is -0.411 e. The zero-order valence-electron chi connectivity index (χ0n) is 17.1. The number of quaternary nitrogens is 1. The van der Waals surface area contributed by atoms with Gasteiger partial charge in [-0.1, -0.05) is 18.2 Å². The summed E-state index contributed by atoms with van der Waals surface area (Å²) in [6, 6.07) is 12.5. The van der Waals surface area contributed by atoms with Crippen molar-refractivity contribution in [3.8, 4) is 0 Å². The lowest BCUT2D eigenvalue weighted by Crippen LogP contribution is -2.37. The summed E-state index contributed by atoms with van der Waals surface area (Å²) in [5, 5.41) is 0. The summed E-state index contributed by atoms with van der Waals surface area (Å²) in [6.45, 7) is 2.16. The summed E-state index contributed by atoms with van der Waals surface area (Å²) >= 11 is 0. The summed E-state index contributed by atoms with van der Waals surface area (Å²) in [5.41, 5.74) is 5.21. The molecule has 0 bridgehead atoms. The van der Waals surface area contributed by atoms with Crippen molar-refractivity contribution in [1.82, 2.24) is 4.98 Å². The predicted molar refractivity (Wildman–Crippen MR) is 114 cm³/mol. The molecule has 2 aromatic heterocycles. The highest BCUT2D eigenvalue weighted by molar-refractivity contribution is 5.94. The average molecular weight is 377 g/mol. The summed E-state index contributed by atoms with van der Waals surface area (Å²) in [7, 11) is 8.69. The van der Waals surface area contributed by atoms with Crippen LogP contribution in [0.2, 0.25) is 0 Å². The van der Waals surface area contributed by atoms with E-state index in [-0.39, 0.29) is 0 Å². The Morgan fingerprint density at radius 3 is 2.75 bits per heavy atom. The fraction of sp³-hybridized carbons (Fsp3) is 0.304. The van der Waals surface area contributed by atoms with Gasteiger partial charge < -0.3 is 13.8 Å². The highest BCUT2D eigenvalue weighted by Crippen LogP contribution is 2.34. The number of fused-ring (bicyclic) bond motifs is 2. The van der Waals surface area contributed by atoms with Crippen LogP contribution in [0.5, 0.6) is 0 Å². The van der Waals surface area contributed by atoms with Crippen molar-refractivity contribution in [1.29, 1.82) is 0 Å². The number of nitrogens with zero attached hydrogens (tertiary/aromatic N) is 4. The molecule has 0 saturated heterocycles. The Balaban J connectivity index is 1.63. The number of allylic oxidation sites excluding steroid dienone is 2. The molecule has 3 aromatic rings. The van der Waals surface area contributed by atoms with Gasteiger partial charge >= 0.3 is 11.5 Å². The molecule has 0 saturated carbocycles. The molecule has 5 heteroatoms. The minimum atomic E-state index is 0.629. The summed E-state index contributed by atoms with van der Waals surface area (Å²) in [4.78, 5) is 6.99. The Hall–Kier alpha value is -2.92. The lowest BCUT2D eigenvalue weighted by molar-refractivity contribution is -0.870. The Morgan fingerprint density at radius 1 is 1.14 bits per heavy atom. The topological polar surface area (TPSA) is 33.1 Å². The quantitative estimate of drug-likeness (QED) is 0.504. The molecule has 5 nitrogen and oxygen atoms in total. The standard InChI is InChI=1S/C23H28N4O/c1-25-13-7-11-21-23(25)24-22(28-21)17-18-12-15-26(14-8-16-27(2,3)4)20-10-6-5-9-19(18)20/h5-7,9-13,15,17H,8,14,16H2,1-4H3/q+2. The molecule has 0 fully saturated rings. The zero-order chi connectivity index (χ0) is 19.7. The van der Waals surface area contributed by atoms with E-state index in [4.69, 9.17) is 4.42 Å². The monoisotopic (exact) mass is 376 g/mol. The van der Waals surface area contributed by atoms with Gasteiger partial charge in [0.05, 0.1) is 40.9 Å². The zero-order valence-corrected chi connectivity index (χ0v) is 17.1. The van der Waals surface area contributed by atoms with Crippen LogP contribution in [0.25, 0.3) is 22.9 Å². The molecule has 144 valence electrons. The van der Waals surface area contributed by atoms with Crippen molar-refractivity contribution in [2.24, 2.45) is 7.05 Å². The van der Waals surface area contributed by atoms with Gasteiger partial charge in [-0.2, -0.15) is 0 Å². The maximum Gasteiger partial charge on any atom is 0.370 e. The summed E-state index contributed by atoms with van der Waals surface area (Å²) in [6.07, 6.45) is 9.48. The second kappa shape index (κ2) is 7.24. The number of oxazole rings is 1. The van der Waals surface area contributed by atoms with Crippen LogP contribution in [-0.4, -0.2) is 43.7 Å². The van der Waals surface area contributed by atoms with E-state index in [1.165, 1.54) is 11.3 Å². The van der Waals surface area contributed by atoms with Crippen LogP contribution in [0.15, 0.2) is 59.3 Å². The van der Waals surface area contributed by atoms with Crippen molar-refractivity contribution in [2.75, 3.05) is 39.1 Å². The van der Waals surface area contributed by atoms with Gasteiger partial charge in [0.15, 0.2) is 0 Å². The minimum absolute atomic E-state index is 0.629. The van der Waals surface area contributed by atoms with Gasteiger partial charge in [0.2, 0.25) is 5.58 Å². The number of anilines is 1. The number of rotatable bonds is 5. The SMILES string of the molecule is C[n+]1cccc2oc(/C=C3\C=CN(CCC[N+](C)(C)C)c4ccccc43)nc21. The van der Waals surface area contributed by atoms with Gasteiger partial charge in [-0.3, -0.25) is 0 Å². The van der Waals surface area contributed by atoms with Crippen LogP contribution in [0.1, 0.15) is 17.9 Å². The normalized spacial score (nSPS) is 15.4. The van der Waals surface area contributed by atoms with E-state index in [0.717, 1.165) is 40.8 Å². The van der Waals surface area contributed by atoms with Crippen molar-refractivity contribution in [3.05, 3.63) is 66.3 Å². The first-order valence-corrected chi connectivity index (χ1v) is 9.72. The highest BCUT2D eigenvalue weighted by Gasteiger charge is 2.20. The van der Waals surface area contributed by atoms with Crippen molar-refractivity contribution in [2.45, 2.75) is 6.42 Å². The molecule has 4 rings (SSSR count). The smallest absolute Gasteiger partial charge is 0.370 e. The maximum absolute atomic E-state index is 5.94. The fourth-order valence-corrected chi connectivity index (χ4v) is 3.57. The molecule has 1 aliphatic rings. The van der Waals surface area contributed by atoms with Gasteiger partial charge in [-0.05, 0) is 29.8 Å². The number of benzene rings is 1. The van der Waals surface area contributed by atoms with Crippen LogP contribution < -0.4 is 9.47 Å². The second-order valence-corrected chi connectivity index (χ2v) is 8.35. The van der Waals surface area contributed by atoms with E-state index in [1.54, 1.807) is 0 Å². The molecule has 0 aliphatic carbocycles. The Bertz CT molecular complexity index is 1060. The van der Waals surface area contributed by atoms with Gasteiger partial charge in [-0.25, -0.2) is 4.57 Å². The molecule has 0 radical (unpaired) electrons. The lowest BCUT2D eigenvalue weighted by atomic mass is 9.99. The highest BCUT2D eigenvalue weighted by atomic mass is 16.3. The third-order valence-electron chi connectivity index (χ3n) is 5.01. The number of para-hydroxylation sites is 1. The van der Waals surface area contributed by atoms with Crippen LogP contribution in [0.4, 0.5) is 5.69 Å². The van der Waals surface area contributed by atoms with E-state index < -0.39 is 0 Å². The van der Waals surface area contributed by atoms with Crippen LogP contribution in [0.3, 0.4) is 0 Å².